The summed E-state index contributed by atoms with van der Waals surface area (Å²) in [5.74, 6) is 0.790. The molecule has 2 aromatic rings. The first-order valence-corrected chi connectivity index (χ1v) is 8.55. The number of nitrogens with zero attached hydrogens (tertiary/aromatic N) is 3. The minimum Gasteiger partial charge on any atom is -0.491 e. The molecule has 0 saturated carbocycles. The Bertz CT molecular complexity index is 749. The van der Waals surface area contributed by atoms with Gasteiger partial charge in [0, 0.05) is 12.6 Å². The zero-order valence-electron chi connectivity index (χ0n) is 15.7. The maximum Gasteiger partial charge on any atom is 0.126 e. The minimum absolute atomic E-state index is 0.0249. The van der Waals surface area contributed by atoms with Gasteiger partial charge in [-0.2, -0.15) is 0 Å². The van der Waals surface area contributed by atoms with E-state index in [9.17, 15) is 0 Å². The largest absolute Gasteiger partial charge is 0.491 e. The number of aromatic nitrogens is 2. The van der Waals surface area contributed by atoms with Crippen molar-refractivity contribution >= 4 is 5.71 Å². The van der Waals surface area contributed by atoms with Gasteiger partial charge >= 0.3 is 0 Å². The lowest BCUT2D eigenvalue weighted by Gasteiger charge is -2.17. The fraction of sp³-hybridized carbons (Fsp3) is 0.421. The molecule has 0 saturated heterocycles. The number of nitrogens with one attached hydrogen (secondary N) is 1. The van der Waals surface area contributed by atoms with Crippen LogP contribution in [0.4, 0.5) is 0 Å². The summed E-state index contributed by atoms with van der Waals surface area (Å²) in [6.07, 6.45) is 4.21. The van der Waals surface area contributed by atoms with Gasteiger partial charge in [0.25, 0.3) is 0 Å². The third-order valence-electron chi connectivity index (χ3n) is 3.97. The highest BCUT2D eigenvalue weighted by atomic mass is 17.1. The Kier molecular flexibility index (Phi) is 7.65. The Morgan fingerprint density at radius 3 is 2.85 bits per heavy atom. The van der Waals surface area contributed by atoms with E-state index in [2.05, 4.69) is 32.1 Å². The average Bonchev–Trinajstić information content (AvgIpc) is 2.64. The molecule has 7 heteroatoms. The zero-order chi connectivity index (χ0) is 18.9. The smallest absolute Gasteiger partial charge is 0.126 e. The Morgan fingerprint density at radius 1 is 1.35 bits per heavy atom. The average molecular weight is 358 g/mol. The number of aryl methyl sites for hydroxylation is 1. The molecule has 26 heavy (non-hydrogen) atoms. The van der Waals surface area contributed by atoms with Gasteiger partial charge in [-0.3, -0.25) is 15.2 Å². The van der Waals surface area contributed by atoms with Gasteiger partial charge in [-0.15, -0.1) is 0 Å². The Balaban J connectivity index is 2.30. The molecule has 1 atom stereocenters. The van der Waals surface area contributed by atoms with Crippen LogP contribution in [0.5, 0.6) is 5.75 Å². The second-order valence-electron chi connectivity index (χ2n) is 6.04. The van der Waals surface area contributed by atoms with E-state index in [1.165, 1.54) is 0 Å². The van der Waals surface area contributed by atoms with Crippen molar-refractivity contribution in [2.45, 2.75) is 33.0 Å². The van der Waals surface area contributed by atoms with E-state index in [4.69, 9.17) is 9.99 Å². The van der Waals surface area contributed by atoms with Crippen LogP contribution in [-0.2, 0) is 11.5 Å². The molecule has 0 bridgehead atoms. The standard InChI is InChI=1S/C19H26N4O3/c1-13-5-6-16(26-14(2)7-8-20-3)9-17(13)19(21-4)18-11-22-10-15(23-18)12-25-24/h5-6,9-11,14,20,24H,7-8,12H2,1-4H3. The van der Waals surface area contributed by atoms with Crippen LogP contribution in [0.25, 0.3) is 0 Å². The number of aliphatic imine (C=N–C) groups is 1. The van der Waals surface area contributed by atoms with Gasteiger partial charge in [0.1, 0.15) is 18.1 Å². The molecule has 0 radical (unpaired) electrons. The SMILES string of the molecule is CN=C(c1cncc(COO)n1)c1cc(OC(C)CCNC)ccc1C. The maximum absolute atomic E-state index is 8.63. The van der Waals surface area contributed by atoms with Crippen LogP contribution >= 0.6 is 0 Å². The highest BCUT2D eigenvalue weighted by molar-refractivity contribution is 6.12. The molecule has 140 valence electrons. The normalized spacial score (nSPS) is 12.9. The summed E-state index contributed by atoms with van der Waals surface area (Å²) in [7, 11) is 3.65. The van der Waals surface area contributed by atoms with Crippen molar-refractivity contribution in [3.05, 3.63) is 53.1 Å². The summed E-state index contributed by atoms with van der Waals surface area (Å²) in [5.41, 5.74) is 3.85. The van der Waals surface area contributed by atoms with Crippen molar-refractivity contribution < 1.29 is 14.9 Å². The van der Waals surface area contributed by atoms with Crippen LogP contribution in [0.15, 0.2) is 35.6 Å². The van der Waals surface area contributed by atoms with Gasteiger partial charge in [0.15, 0.2) is 0 Å². The highest BCUT2D eigenvalue weighted by Crippen LogP contribution is 2.22. The Labute approximate surface area is 154 Å². The van der Waals surface area contributed by atoms with Gasteiger partial charge < -0.3 is 10.1 Å². The molecule has 0 amide bonds. The van der Waals surface area contributed by atoms with Crippen LogP contribution in [0.3, 0.4) is 0 Å². The first kappa shape index (κ1) is 20.0. The minimum atomic E-state index is -0.0249. The second-order valence-corrected chi connectivity index (χ2v) is 6.04. The fourth-order valence-electron chi connectivity index (χ4n) is 2.60. The first-order valence-electron chi connectivity index (χ1n) is 8.55. The maximum atomic E-state index is 8.63. The lowest BCUT2D eigenvalue weighted by molar-refractivity contribution is -0.253. The van der Waals surface area contributed by atoms with E-state index >= 15 is 0 Å². The molecule has 0 aliphatic heterocycles. The van der Waals surface area contributed by atoms with Gasteiger partial charge in [-0.25, -0.2) is 9.87 Å². The molecule has 7 nitrogen and oxygen atoms in total. The van der Waals surface area contributed by atoms with Crippen molar-refractivity contribution in [2.24, 2.45) is 4.99 Å². The van der Waals surface area contributed by atoms with Crippen molar-refractivity contribution in [3.63, 3.8) is 0 Å². The number of benzene rings is 1. The summed E-state index contributed by atoms with van der Waals surface area (Å²) in [4.78, 5) is 17.2. The van der Waals surface area contributed by atoms with E-state index in [0.717, 1.165) is 29.8 Å². The monoisotopic (exact) mass is 358 g/mol. The van der Waals surface area contributed by atoms with Gasteiger partial charge in [-0.05, 0) is 51.6 Å². The van der Waals surface area contributed by atoms with Crippen LogP contribution in [0.1, 0.15) is 35.9 Å². The summed E-state index contributed by atoms with van der Waals surface area (Å²) in [6, 6.07) is 5.95. The molecule has 2 N–H and O–H groups in total. The number of rotatable bonds is 9. The summed E-state index contributed by atoms with van der Waals surface area (Å²) in [5, 5.41) is 11.8. The lowest BCUT2D eigenvalue weighted by atomic mass is 10.0. The molecule has 0 spiro atoms. The van der Waals surface area contributed by atoms with Crippen molar-refractivity contribution in [1.82, 2.24) is 15.3 Å². The fourth-order valence-corrected chi connectivity index (χ4v) is 2.60. The molecule has 2 rings (SSSR count). The van der Waals surface area contributed by atoms with E-state index < -0.39 is 0 Å². The Morgan fingerprint density at radius 2 is 2.15 bits per heavy atom. The molecule has 1 aromatic heterocycles. The first-order chi connectivity index (χ1) is 12.6. The third kappa shape index (κ3) is 5.32. The quantitative estimate of drug-likeness (QED) is 0.407. The second kappa shape index (κ2) is 9.96. The topological polar surface area (TPSA) is 88.9 Å². The number of ether oxygens (including phenoxy) is 1. The van der Waals surface area contributed by atoms with Crippen molar-refractivity contribution in [3.8, 4) is 5.75 Å². The van der Waals surface area contributed by atoms with Gasteiger partial charge in [0.2, 0.25) is 0 Å². The molecule has 0 aliphatic rings. The number of hydrogen-bond donors (Lipinski definition) is 2. The molecule has 0 fully saturated rings. The van der Waals surface area contributed by atoms with E-state index in [1.807, 2.05) is 32.2 Å². The molecule has 1 heterocycles. The third-order valence-corrected chi connectivity index (χ3v) is 3.97. The molecule has 0 aliphatic carbocycles. The molecule has 1 unspecified atom stereocenters. The zero-order valence-corrected chi connectivity index (χ0v) is 15.7. The van der Waals surface area contributed by atoms with Crippen LogP contribution in [-0.4, -0.2) is 47.7 Å². The van der Waals surface area contributed by atoms with E-state index in [1.54, 1.807) is 19.4 Å². The molecular formula is C19H26N4O3. The van der Waals surface area contributed by atoms with Crippen LogP contribution in [0.2, 0.25) is 0 Å². The van der Waals surface area contributed by atoms with Crippen molar-refractivity contribution in [2.75, 3.05) is 20.6 Å². The van der Waals surface area contributed by atoms with E-state index in [0.29, 0.717) is 17.1 Å². The summed E-state index contributed by atoms with van der Waals surface area (Å²) < 4.78 is 6.02. The number of hydrogen-bond acceptors (Lipinski definition) is 7. The van der Waals surface area contributed by atoms with Crippen LogP contribution in [0, 0.1) is 6.92 Å². The predicted molar refractivity (Wildman–Crippen MR) is 101 cm³/mol. The van der Waals surface area contributed by atoms with Gasteiger partial charge in [0.05, 0.1) is 29.9 Å². The van der Waals surface area contributed by atoms with Gasteiger partial charge in [-0.1, -0.05) is 6.07 Å². The van der Waals surface area contributed by atoms with Crippen LogP contribution < -0.4 is 10.1 Å². The predicted octanol–water partition coefficient (Wildman–Crippen LogP) is 2.62. The molecular weight excluding hydrogens is 332 g/mol. The van der Waals surface area contributed by atoms with Crippen molar-refractivity contribution in [1.29, 1.82) is 0 Å². The summed E-state index contributed by atoms with van der Waals surface area (Å²) in [6.45, 7) is 4.94. The van der Waals surface area contributed by atoms with E-state index in [-0.39, 0.29) is 12.7 Å². The molecule has 1 aromatic carbocycles. The summed E-state index contributed by atoms with van der Waals surface area (Å²) >= 11 is 0. The Hall–Kier alpha value is -2.35. The highest BCUT2D eigenvalue weighted by Gasteiger charge is 2.14. The lowest BCUT2D eigenvalue weighted by Crippen LogP contribution is -2.19.